The van der Waals surface area contributed by atoms with Crippen molar-refractivity contribution >= 4 is 23.0 Å². The van der Waals surface area contributed by atoms with Crippen LogP contribution in [0.15, 0.2) is 78.9 Å². The van der Waals surface area contributed by atoms with Gasteiger partial charge in [0.15, 0.2) is 18.1 Å². The quantitative estimate of drug-likeness (QED) is 0.602. The van der Waals surface area contributed by atoms with E-state index in [-0.39, 0.29) is 12.5 Å². The Hall–Kier alpha value is -3.47. The molecule has 0 fully saturated rings. The van der Waals surface area contributed by atoms with Gasteiger partial charge in [-0.25, -0.2) is 0 Å². The minimum atomic E-state index is -0.231. The van der Waals surface area contributed by atoms with Crippen LogP contribution in [0.25, 0.3) is 0 Å². The fourth-order valence-corrected chi connectivity index (χ4v) is 2.51. The molecule has 5 nitrogen and oxygen atoms in total. The summed E-state index contributed by atoms with van der Waals surface area (Å²) in [6, 6.07) is 24.7. The third-order valence-electron chi connectivity index (χ3n) is 3.74. The van der Waals surface area contributed by atoms with E-state index in [0.717, 1.165) is 11.4 Å². The molecule has 0 bridgehead atoms. The zero-order valence-electron chi connectivity index (χ0n) is 15.1. The number of hydrogen-bond donors (Lipinski definition) is 2. The first kappa shape index (κ1) is 18.3. The highest BCUT2D eigenvalue weighted by Gasteiger charge is 2.08. The number of rotatable bonds is 8. The maximum atomic E-state index is 12.1. The molecule has 138 valence electrons. The van der Waals surface area contributed by atoms with Crippen molar-refractivity contribution in [1.29, 1.82) is 0 Å². The van der Waals surface area contributed by atoms with Crippen LogP contribution in [-0.4, -0.2) is 19.1 Å². The summed E-state index contributed by atoms with van der Waals surface area (Å²) in [7, 11) is 0. The molecule has 0 saturated heterocycles. The number of carbonyl (C=O) groups excluding carboxylic acids is 1. The van der Waals surface area contributed by atoms with Crippen LogP contribution in [0.1, 0.15) is 6.92 Å². The van der Waals surface area contributed by atoms with Crippen molar-refractivity contribution in [2.24, 2.45) is 0 Å². The number of para-hydroxylation sites is 3. The Bertz CT molecular complexity index is 864. The normalized spacial score (nSPS) is 10.1. The first-order valence-corrected chi connectivity index (χ1v) is 8.81. The Morgan fingerprint density at radius 1 is 0.741 bits per heavy atom. The van der Waals surface area contributed by atoms with E-state index in [1.165, 1.54) is 0 Å². The number of hydrogen-bond acceptors (Lipinski definition) is 4. The van der Waals surface area contributed by atoms with Gasteiger partial charge in [-0.15, -0.1) is 0 Å². The maximum absolute atomic E-state index is 12.1. The zero-order chi connectivity index (χ0) is 18.9. The SMILES string of the molecule is CCOc1ccccc1OCC(=O)Nc1ccc(Nc2ccccc2)cc1. The molecule has 1 amide bonds. The van der Waals surface area contributed by atoms with Crippen LogP contribution >= 0.6 is 0 Å². The van der Waals surface area contributed by atoms with Gasteiger partial charge in [0.1, 0.15) is 0 Å². The molecule has 0 spiro atoms. The van der Waals surface area contributed by atoms with E-state index in [1.807, 2.05) is 79.7 Å². The Labute approximate surface area is 158 Å². The first-order valence-electron chi connectivity index (χ1n) is 8.81. The van der Waals surface area contributed by atoms with Gasteiger partial charge in [-0.3, -0.25) is 4.79 Å². The summed E-state index contributed by atoms with van der Waals surface area (Å²) < 4.78 is 11.1. The number of nitrogens with one attached hydrogen (secondary N) is 2. The zero-order valence-corrected chi connectivity index (χ0v) is 15.1. The van der Waals surface area contributed by atoms with Crippen LogP contribution in [0.3, 0.4) is 0 Å². The fourth-order valence-electron chi connectivity index (χ4n) is 2.51. The lowest BCUT2D eigenvalue weighted by Crippen LogP contribution is -2.20. The van der Waals surface area contributed by atoms with Gasteiger partial charge >= 0.3 is 0 Å². The number of amides is 1. The van der Waals surface area contributed by atoms with Gasteiger partial charge in [-0.2, -0.15) is 0 Å². The van der Waals surface area contributed by atoms with Crippen molar-refractivity contribution in [3.8, 4) is 11.5 Å². The molecule has 0 aliphatic rings. The number of anilines is 3. The highest BCUT2D eigenvalue weighted by Crippen LogP contribution is 2.26. The number of benzene rings is 3. The molecule has 0 atom stereocenters. The molecule has 2 N–H and O–H groups in total. The molecule has 0 aliphatic carbocycles. The van der Waals surface area contributed by atoms with Crippen molar-refractivity contribution in [2.75, 3.05) is 23.8 Å². The van der Waals surface area contributed by atoms with Crippen molar-refractivity contribution < 1.29 is 14.3 Å². The van der Waals surface area contributed by atoms with E-state index in [1.54, 1.807) is 6.07 Å². The minimum Gasteiger partial charge on any atom is -0.490 e. The monoisotopic (exact) mass is 362 g/mol. The van der Waals surface area contributed by atoms with Gasteiger partial charge in [0.25, 0.3) is 5.91 Å². The van der Waals surface area contributed by atoms with Crippen LogP contribution in [0.5, 0.6) is 11.5 Å². The molecule has 0 radical (unpaired) electrons. The van der Waals surface area contributed by atoms with Crippen molar-refractivity contribution in [1.82, 2.24) is 0 Å². The Balaban J connectivity index is 1.52. The van der Waals surface area contributed by atoms with Crippen molar-refractivity contribution in [3.63, 3.8) is 0 Å². The second-order valence-corrected chi connectivity index (χ2v) is 5.78. The third-order valence-corrected chi connectivity index (χ3v) is 3.74. The van der Waals surface area contributed by atoms with E-state index in [2.05, 4.69) is 10.6 Å². The molecule has 27 heavy (non-hydrogen) atoms. The van der Waals surface area contributed by atoms with Crippen molar-refractivity contribution in [2.45, 2.75) is 6.92 Å². The highest BCUT2D eigenvalue weighted by atomic mass is 16.5. The van der Waals surface area contributed by atoms with Gasteiger partial charge in [0.05, 0.1) is 6.61 Å². The molecule has 0 aromatic heterocycles. The van der Waals surface area contributed by atoms with E-state index in [0.29, 0.717) is 23.8 Å². The lowest BCUT2D eigenvalue weighted by atomic mass is 10.2. The molecular weight excluding hydrogens is 340 g/mol. The molecule has 3 aromatic carbocycles. The first-order chi connectivity index (χ1) is 13.2. The Morgan fingerprint density at radius 3 is 1.96 bits per heavy atom. The van der Waals surface area contributed by atoms with Gasteiger partial charge in [0, 0.05) is 17.1 Å². The minimum absolute atomic E-state index is 0.0892. The topological polar surface area (TPSA) is 59.6 Å². The van der Waals surface area contributed by atoms with Crippen LogP contribution < -0.4 is 20.1 Å². The van der Waals surface area contributed by atoms with E-state index in [9.17, 15) is 4.79 Å². The smallest absolute Gasteiger partial charge is 0.262 e. The number of ether oxygens (including phenoxy) is 2. The molecule has 3 rings (SSSR count). The average Bonchev–Trinajstić information content (AvgIpc) is 2.70. The molecule has 0 unspecified atom stereocenters. The standard InChI is InChI=1S/C22H22N2O3/c1-2-26-20-10-6-7-11-21(20)27-16-22(25)24-19-14-12-18(13-15-19)23-17-8-4-3-5-9-17/h3-15,23H,2,16H2,1H3,(H,24,25). The summed E-state index contributed by atoms with van der Waals surface area (Å²) >= 11 is 0. The molecule has 0 aliphatic heterocycles. The predicted octanol–water partition coefficient (Wildman–Crippen LogP) is 4.85. The highest BCUT2D eigenvalue weighted by molar-refractivity contribution is 5.92. The largest absolute Gasteiger partial charge is 0.490 e. The second kappa shape index (κ2) is 9.29. The predicted molar refractivity (Wildman–Crippen MR) is 108 cm³/mol. The van der Waals surface area contributed by atoms with Crippen LogP contribution in [0, 0.1) is 0 Å². The average molecular weight is 362 g/mol. The van der Waals surface area contributed by atoms with E-state index in [4.69, 9.17) is 9.47 Å². The van der Waals surface area contributed by atoms with Gasteiger partial charge < -0.3 is 20.1 Å². The van der Waals surface area contributed by atoms with Crippen molar-refractivity contribution in [3.05, 3.63) is 78.9 Å². The van der Waals surface area contributed by atoms with Gasteiger partial charge in [0.2, 0.25) is 0 Å². The molecule has 3 aromatic rings. The maximum Gasteiger partial charge on any atom is 0.262 e. The molecular formula is C22H22N2O3. The van der Waals surface area contributed by atoms with Gasteiger partial charge in [-0.05, 0) is 55.5 Å². The van der Waals surface area contributed by atoms with Crippen LogP contribution in [-0.2, 0) is 4.79 Å². The number of carbonyl (C=O) groups is 1. The summed E-state index contributed by atoms with van der Waals surface area (Å²) in [6.45, 7) is 2.35. The summed E-state index contributed by atoms with van der Waals surface area (Å²) in [4.78, 5) is 12.1. The van der Waals surface area contributed by atoms with Crippen LogP contribution in [0.2, 0.25) is 0 Å². The van der Waals surface area contributed by atoms with E-state index < -0.39 is 0 Å². The lowest BCUT2D eigenvalue weighted by Gasteiger charge is -2.12. The molecule has 5 heteroatoms. The molecule has 0 heterocycles. The summed E-state index contributed by atoms with van der Waals surface area (Å²) in [5.41, 5.74) is 2.66. The third kappa shape index (κ3) is 5.51. The fraction of sp³-hybridized carbons (Fsp3) is 0.136. The summed E-state index contributed by atoms with van der Waals surface area (Å²) in [6.07, 6.45) is 0. The van der Waals surface area contributed by atoms with Crippen LogP contribution in [0.4, 0.5) is 17.1 Å². The molecule has 0 saturated carbocycles. The second-order valence-electron chi connectivity index (χ2n) is 5.78. The Morgan fingerprint density at radius 2 is 1.30 bits per heavy atom. The Kier molecular flexibility index (Phi) is 6.30. The van der Waals surface area contributed by atoms with Gasteiger partial charge in [-0.1, -0.05) is 30.3 Å². The van der Waals surface area contributed by atoms with E-state index >= 15 is 0 Å². The summed E-state index contributed by atoms with van der Waals surface area (Å²) in [5.74, 6) is 0.950. The lowest BCUT2D eigenvalue weighted by molar-refractivity contribution is -0.118. The summed E-state index contributed by atoms with van der Waals surface area (Å²) in [5, 5.41) is 6.12.